The molecule has 0 bridgehead atoms. The van der Waals surface area contributed by atoms with Crippen molar-refractivity contribution in [1.29, 1.82) is 0 Å². The number of aliphatic carboxylic acids is 1. The second kappa shape index (κ2) is 6.18. The van der Waals surface area contributed by atoms with Crippen molar-refractivity contribution in [1.82, 2.24) is 8.61 Å². The van der Waals surface area contributed by atoms with Gasteiger partial charge in [-0.2, -0.15) is 17.0 Å². The van der Waals surface area contributed by atoms with Gasteiger partial charge in [-0.25, -0.2) is 0 Å². The maximum Gasteiger partial charge on any atom is 0.304 e. The van der Waals surface area contributed by atoms with Crippen LogP contribution in [0.1, 0.15) is 17.9 Å². The summed E-state index contributed by atoms with van der Waals surface area (Å²) in [5.74, 6) is 0.210. The lowest BCUT2D eigenvalue weighted by Gasteiger charge is -2.23. The Morgan fingerprint density at radius 2 is 1.95 bits per heavy atom. The van der Waals surface area contributed by atoms with E-state index in [0.717, 1.165) is 8.61 Å². The molecule has 0 saturated heterocycles. The lowest BCUT2D eigenvalue weighted by atomic mass is 10.4. The van der Waals surface area contributed by atoms with Gasteiger partial charge in [0.15, 0.2) is 0 Å². The Kier molecular flexibility index (Phi) is 5.10. The maximum absolute atomic E-state index is 12.1. The predicted molar refractivity (Wildman–Crippen MR) is 68.7 cm³/mol. The summed E-state index contributed by atoms with van der Waals surface area (Å²) in [7, 11) is -0.910. The van der Waals surface area contributed by atoms with Gasteiger partial charge in [0.25, 0.3) is 10.2 Å². The fraction of sp³-hybridized carbons (Fsp3) is 0.545. The van der Waals surface area contributed by atoms with E-state index in [2.05, 4.69) is 0 Å². The fourth-order valence-electron chi connectivity index (χ4n) is 1.48. The van der Waals surface area contributed by atoms with Crippen molar-refractivity contribution < 1.29 is 22.7 Å². The number of carboxylic acids is 1. The van der Waals surface area contributed by atoms with Gasteiger partial charge in [0, 0.05) is 20.6 Å². The van der Waals surface area contributed by atoms with Crippen LogP contribution in [-0.4, -0.2) is 48.7 Å². The lowest BCUT2D eigenvalue weighted by Crippen LogP contribution is -2.40. The molecule has 1 heterocycles. The summed E-state index contributed by atoms with van der Waals surface area (Å²) in [6.45, 7) is 1.81. The highest BCUT2D eigenvalue weighted by atomic mass is 32.2. The van der Waals surface area contributed by atoms with Crippen molar-refractivity contribution in [2.45, 2.75) is 19.9 Å². The maximum atomic E-state index is 12.1. The van der Waals surface area contributed by atoms with Crippen molar-refractivity contribution in [2.24, 2.45) is 0 Å². The number of hydrogen-bond donors (Lipinski definition) is 1. The van der Waals surface area contributed by atoms with Crippen LogP contribution in [0.5, 0.6) is 0 Å². The van der Waals surface area contributed by atoms with Gasteiger partial charge in [0.2, 0.25) is 0 Å². The van der Waals surface area contributed by atoms with Gasteiger partial charge in [-0.05, 0) is 19.1 Å². The molecule has 1 N–H and O–H groups in total. The number of rotatable bonds is 7. The molecule has 0 fully saturated rings. The van der Waals surface area contributed by atoms with Gasteiger partial charge in [-0.3, -0.25) is 4.79 Å². The van der Waals surface area contributed by atoms with Crippen molar-refractivity contribution in [3.05, 3.63) is 23.7 Å². The second-order valence-electron chi connectivity index (χ2n) is 4.24. The molecule has 0 unspecified atom stereocenters. The predicted octanol–water partition coefficient (Wildman–Crippen LogP) is 0.671. The average molecular weight is 290 g/mol. The van der Waals surface area contributed by atoms with E-state index in [1.54, 1.807) is 19.1 Å². The molecule has 0 spiro atoms. The highest BCUT2D eigenvalue weighted by Gasteiger charge is 2.24. The monoisotopic (exact) mass is 290 g/mol. The van der Waals surface area contributed by atoms with Crippen LogP contribution in [0.4, 0.5) is 0 Å². The van der Waals surface area contributed by atoms with E-state index >= 15 is 0 Å². The summed E-state index contributed by atoms with van der Waals surface area (Å²) in [6, 6.07) is 3.46. The summed E-state index contributed by atoms with van der Waals surface area (Å²) in [6.07, 6.45) is -0.233. The molecular weight excluding hydrogens is 272 g/mol. The number of carbonyl (C=O) groups is 1. The lowest BCUT2D eigenvalue weighted by molar-refractivity contribution is -0.137. The molecule has 0 aromatic carbocycles. The van der Waals surface area contributed by atoms with Crippen molar-refractivity contribution in [3.8, 4) is 0 Å². The van der Waals surface area contributed by atoms with E-state index < -0.39 is 16.2 Å². The first-order chi connectivity index (χ1) is 8.73. The van der Waals surface area contributed by atoms with Crippen LogP contribution < -0.4 is 0 Å². The quantitative estimate of drug-likeness (QED) is 0.797. The number of carboxylic acid groups (broad SMARTS) is 1. The Bertz CT molecular complexity index is 537. The van der Waals surface area contributed by atoms with E-state index in [4.69, 9.17) is 9.52 Å². The van der Waals surface area contributed by atoms with Crippen LogP contribution in [-0.2, 0) is 21.5 Å². The number of hydrogen-bond acceptors (Lipinski definition) is 4. The largest absolute Gasteiger partial charge is 0.481 e. The minimum Gasteiger partial charge on any atom is -0.481 e. The van der Waals surface area contributed by atoms with Gasteiger partial charge < -0.3 is 9.52 Å². The molecule has 7 nitrogen and oxygen atoms in total. The molecule has 0 aliphatic heterocycles. The molecule has 1 rings (SSSR count). The molecular formula is C11H18N2O5S. The van der Waals surface area contributed by atoms with Crippen LogP contribution in [0.3, 0.4) is 0 Å². The van der Waals surface area contributed by atoms with Gasteiger partial charge in [0.1, 0.15) is 11.5 Å². The minimum absolute atomic E-state index is 0.0702. The van der Waals surface area contributed by atoms with Gasteiger partial charge in [0.05, 0.1) is 13.0 Å². The Morgan fingerprint density at radius 1 is 1.32 bits per heavy atom. The highest BCUT2D eigenvalue weighted by molar-refractivity contribution is 7.86. The Morgan fingerprint density at radius 3 is 2.42 bits per heavy atom. The van der Waals surface area contributed by atoms with Crippen LogP contribution >= 0.6 is 0 Å². The molecule has 108 valence electrons. The van der Waals surface area contributed by atoms with Crippen LogP contribution in [0.2, 0.25) is 0 Å². The van der Waals surface area contributed by atoms with Crippen molar-refractivity contribution in [3.63, 3.8) is 0 Å². The van der Waals surface area contributed by atoms with Crippen LogP contribution in [0, 0.1) is 6.92 Å². The van der Waals surface area contributed by atoms with E-state index in [0.29, 0.717) is 11.5 Å². The van der Waals surface area contributed by atoms with Gasteiger partial charge >= 0.3 is 5.97 Å². The Labute approximate surface area is 112 Å². The van der Waals surface area contributed by atoms with E-state index in [1.165, 1.54) is 14.1 Å². The molecule has 8 heteroatoms. The third kappa shape index (κ3) is 4.34. The Balaban J connectivity index is 2.67. The standard InChI is InChI=1S/C11H18N2O5S/c1-9-4-5-10(18-9)8-13(3)19(16,17)12(2)7-6-11(14)15/h4-5H,6-8H2,1-3H3,(H,14,15). The molecule has 0 saturated carbocycles. The third-order valence-electron chi connectivity index (χ3n) is 2.60. The van der Waals surface area contributed by atoms with Crippen molar-refractivity contribution in [2.75, 3.05) is 20.6 Å². The van der Waals surface area contributed by atoms with Gasteiger partial charge in [-0.15, -0.1) is 0 Å². The zero-order chi connectivity index (χ0) is 14.6. The zero-order valence-electron chi connectivity index (χ0n) is 11.2. The molecule has 0 aliphatic rings. The molecule has 0 aliphatic carbocycles. The van der Waals surface area contributed by atoms with Gasteiger partial charge in [-0.1, -0.05) is 0 Å². The number of aryl methyl sites for hydroxylation is 1. The number of nitrogens with zero attached hydrogens (tertiary/aromatic N) is 2. The zero-order valence-corrected chi connectivity index (χ0v) is 12.0. The molecule has 0 amide bonds. The molecule has 1 aromatic rings. The average Bonchev–Trinajstić information content (AvgIpc) is 2.71. The summed E-state index contributed by atoms with van der Waals surface area (Å²) in [5, 5.41) is 8.55. The topological polar surface area (TPSA) is 91.1 Å². The first-order valence-corrected chi connectivity index (χ1v) is 7.08. The first-order valence-electron chi connectivity index (χ1n) is 5.68. The summed E-state index contributed by atoms with van der Waals surface area (Å²) >= 11 is 0. The summed E-state index contributed by atoms with van der Waals surface area (Å²) < 4.78 is 31.6. The third-order valence-corrected chi connectivity index (χ3v) is 4.49. The highest BCUT2D eigenvalue weighted by Crippen LogP contribution is 2.13. The van der Waals surface area contributed by atoms with E-state index in [-0.39, 0.29) is 19.5 Å². The second-order valence-corrected chi connectivity index (χ2v) is 6.38. The summed E-state index contributed by atoms with van der Waals surface area (Å²) in [4.78, 5) is 10.4. The smallest absolute Gasteiger partial charge is 0.304 e. The molecule has 0 radical (unpaired) electrons. The summed E-state index contributed by atoms with van der Waals surface area (Å²) in [5.41, 5.74) is 0. The fourth-order valence-corrected chi connectivity index (χ4v) is 2.57. The van der Waals surface area contributed by atoms with Crippen molar-refractivity contribution >= 4 is 16.2 Å². The SMILES string of the molecule is Cc1ccc(CN(C)S(=O)(=O)N(C)CCC(=O)O)o1. The molecule has 0 atom stereocenters. The normalized spacial score (nSPS) is 12.3. The number of furan rings is 1. The Hall–Kier alpha value is -1.38. The minimum atomic E-state index is -3.68. The van der Waals surface area contributed by atoms with E-state index in [9.17, 15) is 13.2 Å². The van der Waals surface area contributed by atoms with Crippen LogP contribution in [0.25, 0.3) is 0 Å². The molecule has 1 aromatic heterocycles. The first kappa shape index (κ1) is 15.7. The molecule has 19 heavy (non-hydrogen) atoms. The van der Waals surface area contributed by atoms with Crippen LogP contribution in [0.15, 0.2) is 16.5 Å². The van der Waals surface area contributed by atoms with E-state index in [1.807, 2.05) is 0 Å².